The first-order valence-corrected chi connectivity index (χ1v) is 5.70. The number of hydrogen-bond donors (Lipinski definition) is 1. The number of hydrogen-bond acceptors (Lipinski definition) is 2. The van der Waals surface area contributed by atoms with Gasteiger partial charge in [-0.25, -0.2) is 8.78 Å². The van der Waals surface area contributed by atoms with Crippen LogP contribution in [0, 0.1) is 11.6 Å². The summed E-state index contributed by atoms with van der Waals surface area (Å²) in [5.74, 6) is -1.86. The lowest BCUT2D eigenvalue weighted by molar-refractivity contribution is 0.476. The molecule has 0 aliphatic carbocycles. The van der Waals surface area contributed by atoms with Crippen LogP contribution in [0.1, 0.15) is 30.0 Å². The lowest BCUT2D eigenvalue weighted by atomic mass is 9.89. The number of benzene rings is 1. The summed E-state index contributed by atoms with van der Waals surface area (Å²) in [7, 11) is 0. The summed E-state index contributed by atoms with van der Waals surface area (Å²) in [6.07, 6.45) is 3.31. The van der Waals surface area contributed by atoms with Gasteiger partial charge in [0.2, 0.25) is 0 Å². The largest absolute Gasteiger partial charge is 0.323 e. The van der Waals surface area contributed by atoms with Crippen LogP contribution in [0.5, 0.6) is 0 Å². The molecule has 2 aromatic rings. The third-order valence-electron chi connectivity index (χ3n) is 3.11. The normalized spacial score (nSPS) is 14.2. The Morgan fingerprint density at radius 1 is 1.11 bits per heavy atom. The van der Waals surface area contributed by atoms with Crippen molar-refractivity contribution in [2.75, 3.05) is 0 Å². The van der Waals surface area contributed by atoms with E-state index in [1.807, 2.05) is 19.1 Å². The summed E-state index contributed by atoms with van der Waals surface area (Å²) in [5.41, 5.74) is 7.15. The SMILES string of the molecule is CC(c1ccncc1)C(N)c1cccc(F)c1F. The average Bonchev–Trinajstić information content (AvgIpc) is 2.41. The number of nitrogens with zero attached hydrogens (tertiary/aromatic N) is 1. The smallest absolute Gasteiger partial charge is 0.163 e. The lowest BCUT2D eigenvalue weighted by Crippen LogP contribution is -2.19. The average molecular weight is 248 g/mol. The number of halogens is 2. The number of pyridine rings is 1. The zero-order valence-electron chi connectivity index (χ0n) is 9.98. The van der Waals surface area contributed by atoms with E-state index in [0.29, 0.717) is 0 Å². The van der Waals surface area contributed by atoms with E-state index < -0.39 is 17.7 Å². The third-order valence-corrected chi connectivity index (χ3v) is 3.11. The van der Waals surface area contributed by atoms with Gasteiger partial charge < -0.3 is 5.73 Å². The van der Waals surface area contributed by atoms with Gasteiger partial charge in [0.15, 0.2) is 11.6 Å². The van der Waals surface area contributed by atoms with Crippen molar-refractivity contribution in [2.45, 2.75) is 18.9 Å². The minimum absolute atomic E-state index is 0.121. The molecule has 2 rings (SSSR count). The first-order chi connectivity index (χ1) is 8.61. The van der Waals surface area contributed by atoms with E-state index in [1.165, 1.54) is 12.1 Å². The van der Waals surface area contributed by atoms with Crippen LogP contribution >= 0.6 is 0 Å². The summed E-state index contributed by atoms with van der Waals surface area (Å²) in [6, 6.07) is 7.11. The molecule has 0 saturated carbocycles. The van der Waals surface area contributed by atoms with Gasteiger partial charge in [0.25, 0.3) is 0 Å². The highest BCUT2D eigenvalue weighted by Crippen LogP contribution is 2.30. The van der Waals surface area contributed by atoms with Crippen molar-refractivity contribution < 1.29 is 8.78 Å². The zero-order chi connectivity index (χ0) is 13.1. The van der Waals surface area contributed by atoms with E-state index in [0.717, 1.165) is 11.6 Å². The second-order valence-corrected chi connectivity index (χ2v) is 4.24. The van der Waals surface area contributed by atoms with Gasteiger partial charge in [-0.05, 0) is 23.8 Å². The summed E-state index contributed by atoms with van der Waals surface area (Å²) < 4.78 is 26.8. The van der Waals surface area contributed by atoms with E-state index in [9.17, 15) is 8.78 Å². The van der Waals surface area contributed by atoms with E-state index in [4.69, 9.17) is 5.73 Å². The molecule has 1 heterocycles. The fraction of sp³-hybridized carbons (Fsp3) is 0.214. The minimum atomic E-state index is -0.870. The topological polar surface area (TPSA) is 38.9 Å². The minimum Gasteiger partial charge on any atom is -0.323 e. The second kappa shape index (κ2) is 5.23. The van der Waals surface area contributed by atoms with Gasteiger partial charge in [-0.15, -0.1) is 0 Å². The number of aromatic nitrogens is 1. The second-order valence-electron chi connectivity index (χ2n) is 4.24. The highest BCUT2D eigenvalue weighted by atomic mass is 19.2. The molecule has 0 aliphatic heterocycles. The van der Waals surface area contributed by atoms with Gasteiger partial charge in [0.1, 0.15) is 0 Å². The molecule has 2 N–H and O–H groups in total. The van der Waals surface area contributed by atoms with Crippen LogP contribution in [0.2, 0.25) is 0 Å². The molecule has 0 saturated heterocycles. The molecule has 0 spiro atoms. The monoisotopic (exact) mass is 248 g/mol. The summed E-state index contributed by atoms with van der Waals surface area (Å²) in [6.45, 7) is 1.88. The maximum atomic E-state index is 13.7. The first-order valence-electron chi connectivity index (χ1n) is 5.70. The molecule has 2 unspecified atom stereocenters. The Labute approximate surface area is 104 Å². The number of nitrogens with two attached hydrogens (primary N) is 1. The summed E-state index contributed by atoms with van der Waals surface area (Å²) in [4.78, 5) is 3.92. The molecule has 1 aromatic carbocycles. The van der Waals surface area contributed by atoms with E-state index in [2.05, 4.69) is 4.98 Å². The van der Waals surface area contributed by atoms with Gasteiger partial charge in [0.05, 0.1) is 0 Å². The van der Waals surface area contributed by atoms with Crippen molar-refractivity contribution in [3.63, 3.8) is 0 Å². The predicted molar refractivity (Wildman–Crippen MR) is 65.9 cm³/mol. The Balaban J connectivity index is 2.31. The van der Waals surface area contributed by atoms with Crippen molar-refractivity contribution in [3.8, 4) is 0 Å². The van der Waals surface area contributed by atoms with Crippen LogP contribution < -0.4 is 5.73 Å². The third kappa shape index (κ3) is 2.38. The molecule has 0 radical (unpaired) electrons. The standard InChI is InChI=1S/C14H14F2N2/c1-9(10-5-7-18-8-6-10)14(17)11-3-2-4-12(15)13(11)16/h2-9,14H,17H2,1H3. The van der Waals surface area contributed by atoms with Gasteiger partial charge in [0, 0.05) is 29.9 Å². The summed E-state index contributed by atoms with van der Waals surface area (Å²) in [5, 5.41) is 0. The highest BCUT2D eigenvalue weighted by molar-refractivity contribution is 5.27. The molecule has 4 heteroatoms. The van der Waals surface area contributed by atoms with E-state index in [1.54, 1.807) is 12.4 Å². The quantitative estimate of drug-likeness (QED) is 0.906. The Hall–Kier alpha value is -1.81. The van der Waals surface area contributed by atoms with Gasteiger partial charge in [-0.1, -0.05) is 19.1 Å². The van der Waals surface area contributed by atoms with Gasteiger partial charge >= 0.3 is 0 Å². The molecule has 0 amide bonds. The van der Waals surface area contributed by atoms with Crippen LogP contribution in [-0.2, 0) is 0 Å². The Bertz CT molecular complexity index is 529. The zero-order valence-corrected chi connectivity index (χ0v) is 9.98. The van der Waals surface area contributed by atoms with E-state index >= 15 is 0 Å². The maximum absolute atomic E-state index is 13.7. The predicted octanol–water partition coefficient (Wildman–Crippen LogP) is 3.16. The molecular formula is C14H14F2N2. The van der Waals surface area contributed by atoms with Crippen molar-refractivity contribution in [1.82, 2.24) is 4.98 Å². The molecule has 0 fully saturated rings. The van der Waals surface area contributed by atoms with Crippen LogP contribution in [0.4, 0.5) is 8.78 Å². The molecular weight excluding hydrogens is 234 g/mol. The van der Waals surface area contributed by atoms with Crippen molar-refractivity contribution in [3.05, 3.63) is 65.5 Å². The van der Waals surface area contributed by atoms with Crippen LogP contribution in [0.25, 0.3) is 0 Å². The molecule has 0 bridgehead atoms. The molecule has 2 nitrogen and oxygen atoms in total. The molecule has 18 heavy (non-hydrogen) atoms. The molecule has 2 atom stereocenters. The maximum Gasteiger partial charge on any atom is 0.163 e. The van der Waals surface area contributed by atoms with Gasteiger partial charge in [-0.2, -0.15) is 0 Å². The Morgan fingerprint density at radius 3 is 2.44 bits per heavy atom. The lowest BCUT2D eigenvalue weighted by Gasteiger charge is -2.21. The van der Waals surface area contributed by atoms with Crippen molar-refractivity contribution in [2.24, 2.45) is 5.73 Å². The highest BCUT2D eigenvalue weighted by Gasteiger charge is 2.21. The van der Waals surface area contributed by atoms with Crippen LogP contribution in [0.3, 0.4) is 0 Å². The first kappa shape index (κ1) is 12.6. The fourth-order valence-electron chi connectivity index (χ4n) is 1.92. The Morgan fingerprint density at radius 2 is 1.78 bits per heavy atom. The van der Waals surface area contributed by atoms with E-state index in [-0.39, 0.29) is 11.5 Å². The van der Waals surface area contributed by atoms with Crippen molar-refractivity contribution in [1.29, 1.82) is 0 Å². The van der Waals surface area contributed by atoms with Crippen LogP contribution in [0.15, 0.2) is 42.7 Å². The van der Waals surface area contributed by atoms with Crippen molar-refractivity contribution >= 4 is 0 Å². The Kier molecular flexibility index (Phi) is 3.67. The fourth-order valence-corrected chi connectivity index (χ4v) is 1.92. The molecule has 94 valence electrons. The van der Waals surface area contributed by atoms with Gasteiger partial charge in [-0.3, -0.25) is 4.98 Å². The molecule has 1 aromatic heterocycles. The molecule has 0 aliphatic rings. The number of rotatable bonds is 3. The van der Waals surface area contributed by atoms with Crippen LogP contribution in [-0.4, -0.2) is 4.98 Å². The summed E-state index contributed by atoms with van der Waals surface area (Å²) >= 11 is 0.